The Hall–Kier alpha value is -1.49. The Morgan fingerprint density at radius 1 is 1.62 bits per heavy atom. The van der Waals surface area contributed by atoms with Crippen molar-refractivity contribution in [1.82, 2.24) is 15.2 Å². The van der Waals surface area contributed by atoms with Crippen LogP contribution in [0.1, 0.15) is 12.5 Å². The Morgan fingerprint density at radius 3 is 3.19 bits per heavy atom. The van der Waals surface area contributed by atoms with Crippen LogP contribution >= 0.6 is 0 Å². The van der Waals surface area contributed by atoms with Gasteiger partial charge in [0.2, 0.25) is 5.91 Å². The number of amides is 1. The zero-order valence-electron chi connectivity index (χ0n) is 9.11. The van der Waals surface area contributed by atoms with E-state index >= 15 is 0 Å². The predicted molar refractivity (Wildman–Crippen MR) is 57.1 cm³/mol. The second kappa shape index (κ2) is 4.57. The summed E-state index contributed by atoms with van der Waals surface area (Å²) in [5.41, 5.74) is 0.793. The number of pyridine rings is 1. The van der Waals surface area contributed by atoms with Gasteiger partial charge in [-0.15, -0.1) is 0 Å². The van der Waals surface area contributed by atoms with Crippen LogP contribution in [0.25, 0.3) is 0 Å². The molecular formula is C11H14FN3O. The topological polar surface area (TPSA) is 45.2 Å². The Labute approximate surface area is 93.5 Å². The largest absolute Gasteiger partial charge is 0.353 e. The van der Waals surface area contributed by atoms with Crippen LogP contribution in [0, 0.1) is 5.82 Å². The summed E-state index contributed by atoms with van der Waals surface area (Å²) in [6.07, 6.45) is 2.80. The first-order valence-electron chi connectivity index (χ1n) is 5.28. The number of nitrogens with zero attached hydrogens (tertiary/aromatic N) is 2. The quantitative estimate of drug-likeness (QED) is 0.796. The van der Waals surface area contributed by atoms with Gasteiger partial charge in [0, 0.05) is 25.8 Å². The lowest BCUT2D eigenvalue weighted by Gasteiger charge is -2.32. The van der Waals surface area contributed by atoms with E-state index in [9.17, 15) is 9.18 Å². The van der Waals surface area contributed by atoms with Gasteiger partial charge in [-0.05, 0) is 18.6 Å². The Balaban J connectivity index is 2.06. The van der Waals surface area contributed by atoms with Crippen LogP contribution in [0.5, 0.6) is 0 Å². The fraction of sp³-hybridized carbons (Fsp3) is 0.455. The molecule has 0 radical (unpaired) electrons. The molecule has 1 aliphatic heterocycles. The number of hydrogen-bond donors (Lipinski definition) is 1. The van der Waals surface area contributed by atoms with E-state index < -0.39 is 0 Å². The van der Waals surface area contributed by atoms with Crippen molar-refractivity contribution in [3.63, 3.8) is 0 Å². The Bertz CT molecular complexity index is 397. The van der Waals surface area contributed by atoms with Gasteiger partial charge in [-0.3, -0.25) is 14.7 Å². The van der Waals surface area contributed by atoms with Crippen molar-refractivity contribution < 1.29 is 9.18 Å². The standard InChI is InChI=1S/C11H14FN3O/c1-8-11(16)14-2-3-15(8)7-9-4-10(12)6-13-5-9/h4-6,8H,2-3,7H2,1H3,(H,14,16)/t8-/m0/s1. The molecule has 5 heteroatoms. The van der Waals surface area contributed by atoms with E-state index in [0.717, 1.165) is 12.1 Å². The summed E-state index contributed by atoms with van der Waals surface area (Å²) >= 11 is 0. The van der Waals surface area contributed by atoms with Crippen molar-refractivity contribution in [1.29, 1.82) is 0 Å². The fourth-order valence-electron chi connectivity index (χ4n) is 1.82. The maximum absolute atomic E-state index is 12.9. The number of halogens is 1. The molecule has 1 fully saturated rings. The van der Waals surface area contributed by atoms with Crippen LogP contribution in [-0.4, -0.2) is 34.9 Å². The third-order valence-electron chi connectivity index (χ3n) is 2.77. The smallest absolute Gasteiger partial charge is 0.237 e. The summed E-state index contributed by atoms with van der Waals surface area (Å²) in [6.45, 7) is 3.83. The highest BCUT2D eigenvalue weighted by Crippen LogP contribution is 2.10. The van der Waals surface area contributed by atoms with Gasteiger partial charge in [0.05, 0.1) is 12.2 Å². The predicted octanol–water partition coefficient (Wildman–Crippen LogP) is 0.541. The van der Waals surface area contributed by atoms with Crippen LogP contribution in [-0.2, 0) is 11.3 Å². The molecule has 0 aliphatic carbocycles. The normalized spacial score (nSPS) is 21.9. The second-order valence-electron chi connectivity index (χ2n) is 3.95. The van der Waals surface area contributed by atoms with Crippen LogP contribution in [0.4, 0.5) is 4.39 Å². The molecule has 0 bridgehead atoms. The van der Waals surface area contributed by atoms with Crippen LogP contribution in [0.3, 0.4) is 0 Å². The van der Waals surface area contributed by atoms with Gasteiger partial charge in [0.1, 0.15) is 5.82 Å². The van der Waals surface area contributed by atoms with Crippen LogP contribution in [0.2, 0.25) is 0 Å². The molecule has 0 spiro atoms. The maximum atomic E-state index is 12.9. The number of carbonyl (C=O) groups is 1. The summed E-state index contributed by atoms with van der Waals surface area (Å²) in [7, 11) is 0. The fourth-order valence-corrected chi connectivity index (χ4v) is 1.82. The Kier molecular flexibility index (Phi) is 3.14. The summed E-state index contributed by atoms with van der Waals surface area (Å²) in [5.74, 6) is -0.317. The van der Waals surface area contributed by atoms with Gasteiger partial charge < -0.3 is 5.32 Å². The molecule has 86 valence electrons. The van der Waals surface area contributed by atoms with Gasteiger partial charge in [0.25, 0.3) is 0 Å². The van der Waals surface area contributed by atoms with Crippen molar-refractivity contribution in [2.75, 3.05) is 13.1 Å². The first kappa shape index (κ1) is 11.0. The van der Waals surface area contributed by atoms with E-state index in [1.54, 1.807) is 6.20 Å². The van der Waals surface area contributed by atoms with E-state index in [4.69, 9.17) is 0 Å². The maximum Gasteiger partial charge on any atom is 0.237 e. The van der Waals surface area contributed by atoms with E-state index in [-0.39, 0.29) is 17.8 Å². The summed E-state index contributed by atoms with van der Waals surface area (Å²) in [6, 6.07) is 1.28. The van der Waals surface area contributed by atoms with Crippen molar-refractivity contribution in [3.05, 3.63) is 29.8 Å². The monoisotopic (exact) mass is 223 g/mol. The number of hydrogen-bond acceptors (Lipinski definition) is 3. The molecular weight excluding hydrogens is 209 g/mol. The lowest BCUT2D eigenvalue weighted by molar-refractivity contribution is -0.128. The minimum Gasteiger partial charge on any atom is -0.353 e. The molecule has 4 nitrogen and oxygen atoms in total. The highest BCUT2D eigenvalue weighted by molar-refractivity contribution is 5.81. The molecule has 0 unspecified atom stereocenters. The van der Waals surface area contributed by atoms with E-state index in [2.05, 4.69) is 10.3 Å². The van der Waals surface area contributed by atoms with E-state index in [1.807, 2.05) is 11.8 Å². The van der Waals surface area contributed by atoms with E-state index in [1.165, 1.54) is 12.3 Å². The van der Waals surface area contributed by atoms with Crippen molar-refractivity contribution in [3.8, 4) is 0 Å². The molecule has 1 saturated heterocycles. The molecule has 0 saturated carbocycles. The minimum atomic E-state index is -0.341. The van der Waals surface area contributed by atoms with Crippen molar-refractivity contribution in [2.45, 2.75) is 19.5 Å². The minimum absolute atomic E-state index is 0.0237. The van der Waals surface area contributed by atoms with Gasteiger partial charge in [-0.25, -0.2) is 4.39 Å². The lowest BCUT2D eigenvalue weighted by Crippen LogP contribution is -2.53. The summed E-state index contributed by atoms with van der Waals surface area (Å²) in [4.78, 5) is 17.2. The zero-order chi connectivity index (χ0) is 11.5. The highest BCUT2D eigenvalue weighted by Gasteiger charge is 2.25. The molecule has 2 heterocycles. The van der Waals surface area contributed by atoms with Gasteiger partial charge in [0.15, 0.2) is 0 Å². The highest BCUT2D eigenvalue weighted by atomic mass is 19.1. The zero-order valence-corrected chi connectivity index (χ0v) is 9.11. The second-order valence-corrected chi connectivity index (χ2v) is 3.95. The molecule has 1 aromatic rings. The number of carbonyl (C=O) groups excluding carboxylic acids is 1. The van der Waals surface area contributed by atoms with Crippen LogP contribution in [0.15, 0.2) is 18.5 Å². The molecule has 1 aromatic heterocycles. The molecule has 1 amide bonds. The van der Waals surface area contributed by atoms with E-state index in [0.29, 0.717) is 13.1 Å². The SMILES string of the molecule is C[C@H]1C(=O)NCCN1Cc1cncc(F)c1. The first-order valence-corrected chi connectivity index (χ1v) is 5.28. The molecule has 2 rings (SSSR count). The molecule has 0 aromatic carbocycles. The number of nitrogens with one attached hydrogen (secondary N) is 1. The molecule has 1 aliphatic rings. The number of aromatic nitrogens is 1. The van der Waals surface area contributed by atoms with Gasteiger partial charge in [-0.2, -0.15) is 0 Å². The lowest BCUT2D eigenvalue weighted by atomic mass is 10.1. The average Bonchev–Trinajstić information content (AvgIpc) is 2.25. The first-order chi connectivity index (χ1) is 7.66. The summed E-state index contributed by atoms with van der Waals surface area (Å²) in [5, 5.41) is 2.79. The molecule has 1 atom stereocenters. The molecule has 1 N–H and O–H groups in total. The summed E-state index contributed by atoms with van der Waals surface area (Å²) < 4.78 is 12.9. The number of rotatable bonds is 2. The average molecular weight is 223 g/mol. The van der Waals surface area contributed by atoms with Gasteiger partial charge >= 0.3 is 0 Å². The third kappa shape index (κ3) is 2.36. The van der Waals surface area contributed by atoms with Crippen LogP contribution < -0.4 is 5.32 Å². The molecule has 16 heavy (non-hydrogen) atoms. The number of piperazine rings is 1. The Morgan fingerprint density at radius 2 is 2.44 bits per heavy atom. The van der Waals surface area contributed by atoms with Crippen molar-refractivity contribution >= 4 is 5.91 Å². The van der Waals surface area contributed by atoms with Gasteiger partial charge in [-0.1, -0.05) is 0 Å². The third-order valence-corrected chi connectivity index (χ3v) is 2.77. The van der Waals surface area contributed by atoms with Crippen molar-refractivity contribution in [2.24, 2.45) is 0 Å².